The highest BCUT2D eigenvalue weighted by Crippen LogP contribution is 2.36. The van der Waals surface area contributed by atoms with Gasteiger partial charge < -0.3 is 14.8 Å². The second kappa shape index (κ2) is 8.27. The summed E-state index contributed by atoms with van der Waals surface area (Å²) in [6.45, 7) is 1.82. The van der Waals surface area contributed by atoms with E-state index in [2.05, 4.69) is 17.4 Å². The second-order valence-corrected chi connectivity index (χ2v) is 7.45. The summed E-state index contributed by atoms with van der Waals surface area (Å²) in [5.74, 6) is 1.52. The molecule has 1 aliphatic rings. The van der Waals surface area contributed by atoms with Gasteiger partial charge in [-0.2, -0.15) is 0 Å². The summed E-state index contributed by atoms with van der Waals surface area (Å²) in [6, 6.07) is 20.1. The highest BCUT2D eigenvalue weighted by Gasteiger charge is 2.14. The molecule has 2 heterocycles. The number of nitrogens with one attached hydrogen (secondary N) is 1. The average molecular weight is 379 g/mol. The monoisotopic (exact) mass is 379 g/mol. The van der Waals surface area contributed by atoms with Crippen molar-refractivity contribution in [2.24, 2.45) is 0 Å². The Morgan fingerprint density at radius 2 is 1.78 bits per heavy atom. The van der Waals surface area contributed by atoms with E-state index in [-0.39, 0.29) is 5.91 Å². The minimum atomic E-state index is -0.0168. The quantitative estimate of drug-likeness (QED) is 0.639. The van der Waals surface area contributed by atoms with Gasteiger partial charge in [0, 0.05) is 11.4 Å². The molecule has 3 aromatic rings. The number of ether oxygens (including phenoxy) is 2. The predicted molar refractivity (Wildman–Crippen MR) is 108 cm³/mol. The highest BCUT2D eigenvalue weighted by atomic mass is 32.1. The molecule has 1 amide bonds. The van der Waals surface area contributed by atoms with Crippen LogP contribution in [0.3, 0.4) is 0 Å². The van der Waals surface area contributed by atoms with Crippen LogP contribution in [-0.2, 0) is 6.42 Å². The zero-order valence-electron chi connectivity index (χ0n) is 14.9. The van der Waals surface area contributed by atoms with Crippen molar-refractivity contribution in [3.05, 3.63) is 71.1 Å². The Bertz CT molecular complexity index is 920. The van der Waals surface area contributed by atoms with Gasteiger partial charge in [0.25, 0.3) is 5.91 Å². The van der Waals surface area contributed by atoms with Crippen LogP contribution in [0.25, 0.3) is 10.4 Å². The van der Waals surface area contributed by atoms with E-state index in [1.165, 1.54) is 16.9 Å². The molecule has 4 rings (SSSR count). The fourth-order valence-electron chi connectivity index (χ4n) is 3.04. The molecule has 0 unspecified atom stereocenters. The maximum absolute atomic E-state index is 12.4. The predicted octanol–water partition coefficient (Wildman–Crippen LogP) is 4.55. The Labute approximate surface area is 162 Å². The first kappa shape index (κ1) is 17.6. The van der Waals surface area contributed by atoms with Gasteiger partial charge in [0.2, 0.25) is 0 Å². The summed E-state index contributed by atoms with van der Waals surface area (Å²) < 4.78 is 11.2. The van der Waals surface area contributed by atoms with Crippen LogP contribution in [0, 0.1) is 0 Å². The minimum absolute atomic E-state index is 0.0168. The molecule has 0 saturated carbocycles. The summed E-state index contributed by atoms with van der Waals surface area (Å²) in [5.41, 5.74) is 2.33. The van der Waals surface area contributed by atoms with Crippen LogP contribution in [0.1, 0.15) is 21.7 Å². The largest absolute Gasteiger partial charge is 0.486 e. The Hall–Kier alpha value is -2.79. The minimum Gasteiger partial charge on any atom is -0.486 e. The van der Waals surface area contributed by atoms with Crippen molar-refractivity contribution in [3.8, 4) is 21.9 Å². The van der Waals surface area contributed by atoms with E-state index in [0.29, 0.717) is 19.8 Å². The Morgan fingerprint density at radius 3 is 2.63 bits per heavy atom. The highest BCUT2D eigenvalue weighted by molar-refractivity contribution is 7.17. The van der Waals surface area contributed by atoms with Crippen LogP contribution >= 0.6 is 11.3 Å². The van der Waals surface area contributed by atoms with Gasteiger partial charge in [0.05, 0.1) is 4.88 Å². The summed E-state index contributed by atoms with van der Waals surface area (Å²) in [5, 5.41) is 3.01. The van der Waals surface area contributed by atoms with Crippen LogP contribution in [0.5, 0.6) is 11.5 Å². The third kappa shape index (κ3) is 4.31. The molecule has 1 N–H and O–H groups in total. The zero-order chi connectivity index (χ0) is 18.5. The summed E-state index contributed by atoms with van der Waals surface area (Å²) in [4.78, 5) is 14.2. The van der Waals surface area contributed by atoms with Crippen molar-refractivity contribution >= 4 is 17.2 Å². The van der Waals surface area contributed by atoms with Crippen LogP contribution in [0.4, 0.5) is 0 Å². The zero-order valence-corrected chi connectivity index (χ0v) is 15.8. The molecule has 0 atom stereocenters. The molecule has 1 aliphatic heterocycles. The first-order valence-corrected chi connectivity index (χ1v) is 9.93. The lowest BCUT2D eigenvalue weighted by atomic mass is 10.1. The van der Waals surface area contributed by atoms with Crippen LogP contribution in [-0.4, -0.2) is 25.7 Å². The molecular formula is C22H21NO3S. The van der Waals surface area contributed by atoms with E-state index in [4.69, 9.17) is 9.47 Å². The number of rotatable bonds is 6. The van der Waals surface area contributed by atoms with E-state index in [9.17, 15) is 4.79 Å². The van der Waals surface area contributed by atoms with Crippen molar-refractivity contribution in [3.63, 3.8) is 0 Å². The van der Waals surface area contributed by atoms with E-state index in [1.807, 2.05) is 48.5 Å². The van der Waals surface area contributed by atoms with Gasteiger partial charge in [-0.05, 0) is 54.3 Å². The van der Waals surface area contributed by atoms with Gasteiger partial charge in [-0.15, -0.1) is 11.3 Å². The number of aryl methyl sites for hydroxylation is 1. The number of thiophene rings is 1. The summed E-state index contributed by atoms with van der Waals surface area (Å²) >= 11 is 1.49. The summed E-state index contributed by atoms with van der Waals surface area (Å²) in [7, 11) is 0. The third-order valence-electron chi connectivity index (χ3n) is 4.43. The fourth-order valence-corrected chi connectivity index (χ4v) is 3.96. The summed E-state index contributed by atoms with van der Waals surface area (Å²) in [6.07, 6.45) is 1.89. The molecule has 1 aromatic heterocycles. The number of amides is 1. The smallest absolute Gasteiger partial charge is 0.261 e. The van der Waals surface area contributed by atoms with E-state index in [1.54, 1.807) is 0 Å². The van der Waals surface area contributed by atoms with Crippen molar-refractivity contribution in [2.45, 2.75) is 12.8 Å². The molecule has 0 aliphatic carbocycles. The molecule has 0 spiro atoms. The van der Waals surface area contributed by atoms with E-state index < -0.39 is 0 Å². The molecular weight excluding hydrogens is 358 g/mol. The van der Waals surface area contributed by atoms with Gasteiger partial charge in [-0.25, -0.2) is 0 Å². The Morgan fingerprint density at radius 1 is 0.963 bits per heavy atom. The molecule has 2 aromatic carbocycles. The van der Waals surface area contributed by atoms with Crippen LogP contribution < -0.4 is 14.8 Å². The number of carbonyl (C=O) groups excluding carboxylic acids is 1. The van der Waals surface area contributed by atoms with Crippen molar-refractivity contribution < 1.29 is 14.3 Å². The van der Waals surface area contributed by atoms with E-state index >= 15 is 0 Å². The lowest BCUT2D eigenvalue weighted by Gasteiger charge is -2.18. The molecule has 138 valence electrons. The lowest BCUT2D eigenvalue weighted by molar-refractivity contribution is 0.0957. The lowest BCUT2D eigenvalue weighted by Crippen LogP contribution is -2.23. The fraction of sp³-hybridized carbons (Fsp3) is 0.227. The topological polar surface area (TPSA) is 47.6 Å². The molecule has 4 nitrogen and oxygen atoms in total. The third-order valence-corrected chi connectivity index (χ3v) is 5.56. The second-order valence-electron chi connectivity index (χ2n) is 6.37. The SMILES string of the molecule is O=C(NCCCc1ccccc1)c1ccc(-c2ccc3c(c2)OCCO3)s1. The van der Waals surface area contributed by atoms with Gasteiger partial charge in [0.15, 0.2) is 11.5 Å². The van der Waals surface area contributed by atoms with Crippen molar-refractivity contribution in [1.29, 1.82) is 0 Å². The number of benzene rings is 2. The standard InChI is InChI=1S/C22H21NO3S/c24-22(23-12-4-7-16-5-2-1-3-6-16)21-11-10-20(27-21)17-8-9-18-19(15-17)26-14-13-25-18/h1-3,5-6,8-11,15H,4,7,12-14H2,(H,23,24). The van der Waals surface area contributed by atoms with Crippen molar-refractivity contribution in [1.82, 2.24) is 5.32 Å². The van der Waals surface area contributed by atoms with Crippen LogP contribution in [0.15, 0.2) is 60.7 Å². The van der Waals surface area contributed by atoms with Gasteiger partial charge in [0.1, 0.15) is 13.2 Å². The Kier molecular flexibility index (Phi) is 5.39. The Balaban J connectivity index is 1.34. The van der Waals surface area contributed by atoms with E-state index in [0.717, 1.165) is 39.7 Å². The first-order valence-electron chi connectivity index (χ1n) is 9.11. The first-order chi connectivity index (χ1) is 13.3. The molecule has 0 radical (unpaired) electrons. The number of hydrogen-bond acceptors (Lipinski definition) is 4. The maximum Gasteiger partial charge on any atom is 0.261 e. The van der Waals surface area contributed by atoms with Gasteiger partial charge in [-0.3, -0.25) is 4.79 Å². The number of hydrogen-bond donors (Lipinski definition) is 1. The van der Waals surface area contributed by atoms with Gasteiger partial charge in [-0.1, -0.05) is 30.3 Å². The van der Waals surface area contributed by atoms with Gasteiger partial charge >= 0.3 is 0 Å². The molecule has 27 heavy (non-hydrogen) atoms. The molecule has 0 bridgehead atoms. The normalized spacial score (nSPS) is 12.6. The maximum atomic E-state index is 12.4. The molecule has 5 heteroatoms. The van der Waals surface area contributed by atoms with Crippen LogP contribution in [0.2, 0.25) is 0 Å². The molecule has 0 fully saturated rings. The average Bonchev–Trinajstić information content (AvgIpc) is 3.22. The van der Waals surface area contributed by atoms with Crippen molar-refractivity contribution in [2.75, 3.05) is 19.8 Å². The molecule has 0 saturated heterocycles. The number of fused-ring (bicyclic) bond motifs is 1. The number of carbonyl (C=O) groups is 1.